The van der Waals surface area contributed by atoms with Gasteiger partial charge in [-0.3, -0.25) is 20.1 Å². The third kappa shape index (κ3) is 7.07. The van der Waals surface area contributed by atoms with Gasteiger partial charge in [-0.25, -0.2) is 0 Å². The molecule has 0 aromatic heterocycles. The summed E-state index contributed by atoms with van der Waals surface area (Å²) in [6, 6.07) is 8.07. The highest BCUT2D eigenvalue weighted by Crippen LogP contribution is 2.27. The van der Waals surface area contributed by atoms with Crippen LogP contribution in [0.2, 0.25) is 0 Å². The first-order chi connectivity index (χ1) is 10.6. The minimum Gasteiger partial charge on any atom is -0.370 e. The molecule has 1 atom stereocenters. The Morgan fingerprint density at radius 1 is 1.39 bits per heavy atom. The SMILES string of the molecule is CC1CCc2ccccc2C=C1C(=O)NC(=N)N.CS(=O)(=O)O. The van der Waals surface area contributed by atoms with E-state index in [0.717, 1.165) is 18.4 Å². The monoisotopic (exact) mass is 339 g/mol. The molecule has 1 unspecified atom stereocenters. The van der Waals surface area contributed by atoms with Crippen molar-refractivity contribution in [3.05, 3.63) is 41.0 Å². The van der Waals surface area contributed by atoms with Crippen LogP contribution in [0.1, 0.15) is 24.5 Å². The first-order valence-corrected chi connectivity index (χ1v) is 8.80. The average Bonchev–Trinajstić information content (AvgIpc) is 2.56. The van der Waals surface area contributed by atoms with E-state index < -0.39 is 10.1 Å². The largest absolute Gasteiger partial charge is 0.370 e. The lowest BCUT2D eigenvalue weighted by Gasteiger charge is -2.12. The highest BCUT2D eigenvalue weighted by molar-refractivity contribution is 7.85. The van der Waals surface area contributed by atoms with Crippen LogP contribution < -0.4 is 11.1 Å². The number of hydrogen-bond donors (Lipinski definition) is 4. The fourth-order valence-corrected chi connectivity index (χ4v) is 2.22. The van der Waals surface area contributed by atoms with Gasteiger partial charge in [-0.1, -0.05) is 31.2 Å². The highest BCUT2D eigenvalue weighted by Gasteiger charge is 2.21. The van der Waals surface area contributed by atoms with Crippen molar-refractivity contribution in [2.75, 3.05) is 6.26 Å². The molecule has 1 amide bonds. The minimum atomic E-state index is -3.67. The van der Waals surface area contributed by atoms with Crippen molar-refractivity contribution in [2.24, 2.45) is 11.7 Å². The molecule has 0 spiro atoms. The normalized spacial score (nSPS) is 16.8. The lowest BCUT2D eigenvalue weighted by molar-refractivity contribution is -0.116. The Morgan fingerprint density at radius 3 is 2.52 bits per heavy atom. The molecule has 0 saturated carbocycles. The molecule has 126 valence electrons. The predicted octanol–water partition coefficient (Wildman–Crippen LogP) is 1.17. The van der Waals surface area contributed by atoms with Crippen molar-refractivity contribution in [1.29, 1.82) is 5.41 Å². The summed E-state index contributed by atoms with van der Waals surface area (Å²) in [5, 5.41) is 9.48. The molecule has 0 saturated heterocycles. The molecule has 5 N–H and O–H groups in total. The number of rotatable bonds is 1. The van der Waals surface area contributed by atoms with Crippen LogP contribution in [0.15, 0.2) is 29.8 Å². The Balaban J connectivity index is 0.000000463. The first-order valence-electron chi connectivity index (χ1n) is 6.95. The summed E-state index contributed by atoms with van der Waals surface area (Å²) in [7, 11) is -3.67. The Kier molecular flexibility index (Phi) is 6.47. The molecule has 1 aromatic rings. The van der Waals surface area contributed by atoms with Gasteiger partial charge < -0.3 is 5.73 Å². The van der Waals surface area contributed by atoms with Gasteiger partial charge in [0.1, 0.15) is 0 Å². The van der Waals surface area contributed by atoms with Gasteiger partial charge in [0, 0.05) is 5.57 Å². The number of aryl methyl sites for hydroxylation is 1. The number of carbonyl (C=O) groups is 1. The summed E-state index contributed by atoms with van der Waals surface area (Å²) in [4.78, 5) is 12.0. The number of guanidine groups is 1. The van der Waals surface area contributed by atoms with Gasteiger partial charge >= 0.3 is 0 Å². The molecular formula is C15H21N3O4S. The summed E-state index contributed by atoms with van der Waals surface area (Å²) >= 11 is 0. The zero-order valence-corrected chi connectivity index (χ0v) is 13.9. The maximum Gasteiger partial charge on any atom is 0.261 e. The summed E-state index contributed by atoms with van der Waals surface area (Å²) in [6.45, 7) is 2.03. The molecule has 23 heavy (non-hydrogen) atoms. The van der Waals surface area contributed by atoms with E-state index in [1.165, 1.54) is 5.56 Å². The van der Waals surface area contributed by atoms with Gasteiger partial charge in [0.05, 0.1) is 6.26 Å². The quantitative estimate of drug-likeness (QED) is 0.346. The second-order valence-electron chi connectivity index (χ2n) is 5.34. The molecule has 0 heterocycles. The molecule has 0 fully saturated rings. The molecule has 2 rings (SSSR count). The molecule has 1 aliphatic carbocycles. The smallest absolute Gasteiger partial charge is 0.261 e. The van der Waals surface area contributed by atoms with Gasteiger partial charge in [0.25, 0.3) is 16.0 Å². The van der Waals surface area contributed by atoms with E-state index in [-0.39, 0.29) is 17.8 Å². The molecule has 0 aliphatic heterocycles. The van der Waals surface area contributed by atoms with Crippen molar-refractivity contribution in [1.82, 2.24) is 5.32 Å². The van der Waals surface area contributed by atoms with Gasteiger partial charge in [0.2, 0.25) is 0 Å². The van der Waals surface area contributed by atoms with Gasteiger partial charge in [-0.2, -0.15) is 8.42 Å². The van der Waals surface area contributed by atoms with Crippen LogP contribution in [0.3, 0.4) is 0 Å². The zero-order valence-electron chi connectivity index (χ0n) is 13.0. The summed E-state index contributed by atoms with van der Waals surface area (Å²) in [5.41, 5.74) is 8.23. The number of fused-ring (bicyclic) bond motifs is 1. The number of nitrogens with two attached hydrogens (primary N) is 1. The van der Waals surface area contributed by atoms with Gasteiger partial charge in [0.15, 0.2) is 5.96 Å². The van der Waals surface area contributed by atoms with Crippen molar-refractivity contribution < 1.29 is 17.8 Å². The lowest BCUT2D eigenvalue weighted by atomic mass is 9.96. The number of hydrogen-bond acceptors (Lipinski definition) is 4. The molecular weight excluding hydrogens is 318 g/mol. The van der Waals surface area contributed by atoms with Crippen LogP contribution in [0, 0.1) is 11.3 Å². The third-order valence-electron chi connectivity index (χ3n) is 3.25. The zero-order chi connectivity index (χ0) is 17.6. The lowest BCUT2D eigenvalue weighted by Crippen LogP contribution is -2.37. The predicted molar refractivity (Wildman–Crippen MR) is 89.4 cm³/mol. The molecule has 1 aromatic carbocycles. The number of benzene rings is 1. The second kappa shape index (κ2) is 7.89. The van der Waals surface area contributed by atoms with Crippen LogP contribution in [0.4, 0.5) is 0 Å². The molecule has 1 aliphatic rings. The van der Waals surface area contributed by atoms with E-state index in [1.807, 2.05) is 31.2 Å². The number of nitrogens with one attached hydrogen (secondary N) is 2. The van der Waals surface area contributed by atoms with Gasteiger partial charge in [-0.15, -0.1) is 0 Å². The molecule has 0 radical (unpaired) electrons. The summed E-state index contributed by atoms with van der Waals surface area (Å²) < 4.78 is 25.9. The Bertz CT molecular complexity index is 718. The Morgan fingerprint density at radius 2 is 1.96 bits per heavy atom. The highest BCUT2D eigenvalue weighted by atomic mass is 32.2. The van der Waals surface area contributed by atoms with Crippen molar-refractivity contribution in [2.45, 2.75) is 19.8 Å². The molecule has 8 heteroatoms. The number of amides is 1. The topological polar surface area (TPSA) is 133 Å². The van der Waals surface area contributed by atoms with Crippen LogP contribution in [-0.4, -0.2) is 31.1 Å². The van der Waals surface area contributed by atoms with Crippen molar-refractivity contribution >= 4 is 28.1 Å². The van der Waals surface area contributed by atoms with Crippen molar-refractivity contribution in [3.8, 4) is 0 Å². The minimum absolute atomic E-state index is 0.164. The molecule has 7 nitrogen and oxygen atoms in total. The fourth-order valence-electron chi connectivity index (χ4n) is 2.22. The van der Waals surface area contributed by atoms with E-state index in [1.54, 1.807) is 0 Å². The van der Waals surface area contributed by atoms with Gasteiger partial charge in [-0.05, 0) is 36.0 Å². The van der Waals surface area contributed by atoms with E-state index in [9.17, 15) is 13.2 Å². The van der Waals surface area contributed by atoms with E-state index >= 15 is 0 Å². The van der Waals surface area contributed by atoms with Crippen LogP contribution in [-0.2, 0) is 21.3 Å². The fraction of sp³-hybridized carbons (Fsp3) is 0.333. The standard InChI is InChI=1S/C14H17N3O.CH4O3S/c1-9-6-7-10-4-2-3-5-11(10)8-12(9)13(18)17-14(15)16;1-5(2,3)4/h2-5,8-9H,6-7H2,1H3,(H4,15,16,17,18);1H3,(H,2,3,4). The maximum absolute atomic E-state index is 12.0. The van der Waals surface area contributed by atoms with E-state index in [0.29, 0.717) is 11.8 Å². The van der Waals surface area contributed by atoms with E-state index in [2.05, 4.69) is 11.4 Å². The first kappa shape index (κ1) is 18.9. The number of carbonyl (C=O) groups excluding carboxylic acids is 1. The summed E-state index contributed by atoms with van der Waals surface area (Å²) in [6.07, 6.45) is 4.51. The third-order valence-corrected chi connectivity index (χ3v) is 3.25. The average molecular weight is 339 g/mol. The Hall–Kier alpha value is -2.19. The van der Waals surface area contributed by atoms with E-state index in [4.69, 9.17) is 15.7 Å². The van der Waals surface area contributed by atoms with Crippen molar-refractivity contribution in [3.63, 3.8) is 0 Å². The van der Waals surface area contributed by atoms with Crippen LogP contribution in [0.25, 0.3) is 6.08 Å². The Labute approximate surface area is 135 Å². The molecule has 0 bridgehead atoms. The van der Waals surface area contributed by atoms with Crippen LogP contribution >= 0.6 is 0 Å². The van der Waals surface area contributed by atoms with Crippen LogP contribution in [0.5, 0.6) is 0 Å². The maximum atomic E-state index is 12.0. The summed E-state index contributed by atoms with van der Waals surface area (Å²) in [5.74, 6) is -0.422. The second-order valence-corrected chi connectivity index (χ2v) is 6.81.